The van der Waals surface area contributed by atoms with Gasteiger partial charge in [0.15, 0.2) is 5.78 Å². The van der Waals surface area contributed by atoms with Gasteiger partial charge >= 0.3 is 0 Å². The van der Waals surface area contributed by atoms with Gasteiger partial charge in [-0.25, -0.2) is 0 Å². The lowest BCUT2D eigenvalue weighted by molar-refractivity contribution is 0.102. The number of rotatable bonds is 6. The maximum Gasteiger partial charge on any atom is 0.193 e. The molecule has 0 spiro atoms. The lowest BCUT2D eigenvalue weighted by atomic mass is 9.91. The van der Waals surface area contributed by atoms with Crippen molar-refractivity contribution in [1.29, 1.82) is 0 Å². The van der Waals surface area contributed by atoms with Crippen molar-refractivity contribution in [3.05, 3.63) is 70.8 Å². The summed E-state index contributed by atoms with van der Waals surface area (Å²) in [6, 6.07) is 14.2. The highest BCUT2D eigenvalue weighted by Crippen LogP contribution is 2.27. The molecule has 0 saturated carbocycles. The van der Waals surface area contributed by atoms with Gasteiger partial charge in [0.2, 0.25) is 0 Å². The van der Waals surface area contributed by atoms with Crippen LogP contribution in [-0.4, -0.2) is 16.0 Å². The number of aliphatic hydroxyl groups is 2. The van der Waals surface area contributed by atoms with Crippen LogP contribution in [0.5, 0.6) is 0 Å². The largest absolute Gasteiger partial charge is 0.388 e. The Labute approximate surface area is 131 Å². The fraction of sp³-hybridized carbons (Fsp3) is 0.316. The number of hydrogen-bond acceptors (Lipinski definition) is 3. The van der Waals surface area contributed by atoms with E-state index in [0.29, 0.717) is 35.1 Å². The van der Waals surface area contributed by atoms with E-state index in [9.17, 15) is 15.0 Å². The smallest absolute Gasteiger partial charge is 0.193 e. The number of hydrogen-bond donors (Lipinski definition) is 2. The first-order valence-electron chi connectivity index (χ1n) is 7.68. The van der Waals surface area contributed by atoms with Crippen molar-refractivity contribution >= 4 is 5.78 Å². The van der Waals surface area contributed by atoms with Gasteiger partial charge in [0.25, 0.3) is 0 Å². The molecule has 2 N–H and O–H groups in total. The molecule has 0 aliphatic carbocycles. The normalized spacial score (nSPS) is 13.6. The zero-order valence-electron chi connectivity index (χ0n) is 13.0. The van der Waals surface area contributed by atoms with E-state index in [2.05, 4.69) is 0 Å². The fourth-order valence-corrected chi connectivity index (χ4v) is 2.47. The Hall–Kier alpha value is -1.97. The van der Waals surface area contributed by atoms with Gasteiger partial charge in [-0.2, -0.15) is 0 Å². The fourth-order valence-electron chi connectivity index (χ4n) is 2.47. The number of benzene rings is 2. The summed E-state index contributed by atoms with van der Waals surface area (Å²) >= 11 is 0. The molecule has 0 bridgehead atoms. The molecule has 0 heterocycles. The standard InChI is InChI=1S/C19H22O3/c1-3-17(20)14-10-11-15(18(21)4-2)16(12-14)19(22)13-8-6-5-7-9-13/h5-12,17-18,20-21H,3-4H2,1-2H3. The lowest BCUT2D eigenvalue weighted by Gasteiger charge is -2.17. The van der Waals surface area contributed by atoms with E-state index < -0.39 is 12.2 Å². The van der Waals surface area contributed by atoms with Crippen molar-refractivity contribution < 1.29 is 15.0 Å². The minimum atomic E-state index is -0.685. The van der Waals surface area contributed by atoms with Gasteiger partial charge in [-0.15, -0.1) is 0 Å². The van der Waals surface area contributed by atoms with E-state index in [1.54, 1.807) is 30.3 Å². The molecule has 2 aromatic rings. The highest BCUT2D eigenvalue weighted by Gasteiger charge is 2.19. The second-order valence-electron chi connectivity index (χ2n) is 5.39. The molecule has 3 nitrogen and oxygen atoms in total. The molecule has 0 aromatic heterocycles. The number of carbonyl (C=O) groups excluding carboxylic acids is 1. The van der Waals surface area contributed by atoms with Crippen molar-refractivity contribution in [2.45, 2.75) is 38.9 Å². The molecule has 0 aliphatic rings. The SMILES string of the molecule is CCC(O)c1ccc(C(O)CC)c(C(=O)c2ccccc2)c1. The minimum Gasteiger partial charge on any atom is -0.388 e. The van der Waals surface area contributed by atoms with Crippen LogP contribution >= 0.6 is 0 Å². The van der Waals surface area contributed by atoms with Crippen LogP contribution in [0.3, 0.4) is 0 Å². The minimum absolute atomic E-state index is 0.131. The van der Waals surface area contributed by atoms with Crippen LogP contribution in [0.1, 0.15) is 65.9 Å². The van der Waals surface area contributed by atoms with Crippen LogP contribution in [0, 0.1) is 0 Å². The van der Waals surface area contributed by atoms with Crippen LogP contribution in [-0.2, 0) is 0 Å². The predicted molar refractivity (Wildman–Crippen MR) is 86.8 cm³/mol. The van der Waals surface area contributed by atoms with Crippen LogP contribution < -0.4 is 0 Å². The van der Waals surface area contributed by atoms with Crippen molar-refractivity contribution in [2.75, 3.05) is 0 Å². The van der Waals surface area contributed by atoms with E-state index >= 15 is 0 Å². The molecule has 2 unspecified atom stereocenters. The molecule has 22 heavy (non-hydrogen) atoms. The van der Waals surface area contributed by atoms with Gasteiger partial charge < -0.3 is 10.2 Å². The Kier molecular flexibility index (Phi) is 5.47. The average molecular weight is 298 g/mol. The summed E-state index contributed by atoms with van der Waals surface area (Å²) in [6.07, 6.45) is -0.176. The third-order valence-electron chi connectivity index (χ3n) is 3.88. The van der Waals surface area contributed by atoms with E-state index in [4.69, 9.17) is 0 Å². The van der Waals surface area contributed by atoms with E-state index in [0.717, 1.165) is 0 Å². The summed E-state index contributed by atoms with van der Waals surface area (Å²) in [6.45, 7) is 3.76. The Morgan fingerprint density at radius 2 is 1.59 bits per heavy atom. The van der Waals surface area contributed by atoms with E-state index in [1.165, 1.54) is 0 Å². The molecule has 2 atom stereocenters. The third kappa shape index (κ3) is 3.43. The molecule has 0 saturated heterocycles. The summed E-state index contributed by atoms with van der Waals surface area (Å²) in [5.74, 6) is -0.131. The molecule has 2 rings (SSSR count). The topological polar surface area (TPSA) is 57.5 Å². The Bertz CT molecular complexity index is 634. The van der Waals surface area contributed by atoms with Gasteiger partial charge in [-0.05, 0) is 30.0 Å². The Morgan fingerprint density at radius 1 is 0.955 bits per heavy atom. The van der Waals surface area contributed by atoms with Crippen LogP contribution in [0.15, 0.2) is 48.5 Å². The van der Waals surface area contributed by atoms with Gasteiger partial charge in [0.1, 0.15) is 0 Å². The van der Waals surface area contributed by atoms with Gasteiger partial charge in [0, 0.05) is 11.1 Å². The number of carbonyl (C=O) groups is 1. The molecule has 0 radical (unpaired) electrons. The summed E-state index contributed by atoms with van der Waals surface area (Å²) < 4.78 is 0. The molecular formula is C19H22O3. The summed E-state index contributed by atoms with van der Waals surface area (Å²) in [5, 5.41) is 20.2. The van der Waals surface area contributed by atoms with Gasteiger partial charge in [-0.1, -0.05) is 56.3 Å². The average Bonchev–Trinajstić information content (AvgIpc) is 2.59. The molecule has 0 amide bonds. The van der Waals surface area contributed by atoms with Crippen molar-refractivity contribution in [3.63, 3.8) is 0 Å². The Morgan fingerprint density at radius 3 is 2.18 bits per heavy atom. The summed E-state index contributed by atoms with van der Waals surface area (Å²) in [5.41, 5.74) is 2.36. The van der Waals surface area contributed by atoms with E-state index in [1.807, 2.05) is 32.0 Å². The quantitative estimate of drug-likeness (QED) is 0.797. The van der Waals surface area contributed by atoms with Gasteiger partial charge in [-0.3, -0.25) is 4.79 Å². The number of ketones is 1. The molecular weight excluding hydrogens is 276 g/mol. The monoisotopic (exact) mass is 298 g/mol. The zero-order valence-corrected chi connectivity index (χ0v) is 13.0. The summed E-state index contributed by atoms with van der Waals surface area (Å²) in [7, 11) is 0. The maximum absolute atomic E-state index is 12.8. The first-order chi connectivity index (χ1) is 10.6. The van der Waals surface area contributed by atoms with Crippen molar-refractivity contribution in [1.82, 2.24) is 0 Å². The highest BCUT2D eigenvalue weighted by molar-refractivity contribution is 6.10. The first kappa shape index (κ1) is 16.4. The van der Waals surface area contributed by atoms with E-state index in [-0.39, 0.29) is 5.78 Å². The lowest BCUT2D eigenvalue weighted by Crippen LogP contribution is -2.10. The van der Waals surface area contributed by atoms with Crippen molar-refractivity contribution in [3.8, 4) is 0 Å². The molecule has 0 fully saturated rings. The van der Waals surface area contributed by atoms with Crippen molar-refractivity contribution in [2.24, 2.45) is 0 Å². The maximum atomic E-state index is 12.8. The van der Waals surface area contributed by atoms with Gasteiger partial charge in [0.05, 0.1) is 12.2 Å². The van der Waals surface area contributed by atoms with Crippen LogP contribution in [0.4, 0.5) is 0 Å². The first-order valence-corrected chi connectivity index (χ1v) is 7.68. The highest BCUT2D eigenvalue weighted by atomic mass is 16.3. The predicted octanol–water partition coefficient (Wildman–Crippen LogP) is 3.80. The molecule has 0 aliphatic heterocycles. The Balaban J connectivity index is 2.52. The second-order valence-corrected chi connectivity index (χ2v) is 5.39. The zero-order chi connectivity index (χ0) is 16.1. The van der Waals surface area contributed by atoms with Crippen LogP contribution in [0.2, 0.25) is 0 Å². The summed E-state index contributed by atoms with van der Waals surface area (Å²) in [4.78, 5) is 12.8. The second kappa shape index (κ2) is 7.34. The molecule has 116 valence electrons. The third-order valence-corrected chi connectivity index (χ3v) is 3.88. The molecule has 2 aromatic carbocycles. The molecule has 3 heteroatoms. The number of aliphatic hydroxyl groups excluding tert-OH is 2. The van der Waals surface area contributed by atoms with Crippen LogP contribution in [0.25, 0.3) is 0 Å².